The molecule has 0 atom stereocenters. The van der Waals surface area contributed by atoms with Crippen molar-refractivity contribution in [1.82, 2.24) is 4.98 Å². The van der Waals surface area contributed by atoms with Gasteiger partial charge in [-0.25, -0.2) is 0 Å². The molecule has 0 spiro atoms. The molecule has 0 unspecified atom stereocenters. The fraction of sp³-hybridized carbons (Fsp3) is 0.154. The van der Waals surface area contributed by atoms with E-state index in [4.69, 9.17) is 17.3 Å². The molecule has 1 aromatic heterocycles. The third-order valence-electron chi connectivity index (χ3n) is 3.15. The molecular weight excluding hydrogens is 236 g/mol. The summed E-state index contributed by atoms with van der Waals surface area (Å²) in [5.41, 5.74) is 10.00. The Labute approximate surface area is 103 Å². The van der Waals surface area contributed by atoms with E-state index in [1.807, 2.05) is 18.2 Å². The number of nitrogens with two attached hydrogens (primary N) is 1. The maximum absolute atomic E-state index is 11.5. The van der Waals surface area contributed by atoms with E-state index in [9.17, 15) is 4.79 Å². The molecule has 4 heteroatoms. The summed E-state index contributed by atoms with van der Waals surface area (Å²) in [6.07, 6.45) is 1.71. The molecule has 1 aliphatic rings. The van der Waals surface area contributed by atoms with Gasteiger partial charge >= 0.3 is 0 Å². The second kappa shape index (κ2) is 3.64. The van der Waals surface area contributed by atoms with Gasteiger partial charge in [-0.05, 0) is 42.2 Å². The van der Waals surface area contributed by atoms with Crippen molar-refractivity contribution < 1.29 is 0 Å². The minimum atomic E-state index is -0.207. The second-order valence-corrected chi connectivity index (χ2v) is 4.68. The molecule has 1 heterocycles. The van der Waals surface area contributed by atoms with E-state index in [0.29, 0.717) is 0 Å². The Morgan fingerprint density at radius 2 is 2.00 bits per heavy atom. The number of pyridine rings is 1. The SMILES string of the molecule is Nc1cc2c([nH]c1=O)CCc1cc(Cl)ccc1-2. The molecule has 0 radical (unpaired) electrons. The predicted octanol–water partition coefficient (Wildman–Crippen LogP) is 2.38. The van der Waals surface area contributed by atoms with E-state index < -0.39 is 0 Å². The van der Waals surface area contributed by atoms with Crippen LogP contribution in [0.15, 0.2) is 29.1 Å². The van der Waals surface area contributed by atoms with Gasteiger partial charge in [-0.3, -0.25) is 4.79 Å². The van der Waals surface area contributed by atoms with Gasteiger partial charge in [0.05, 0.1) is 5.69 Å². The van der Waals surface area contributed by atoms with Gasteiger partial charge in [-0.2, -0.15) is 0 Å². The van der Waals surface area contributed by atoms with Gasteiger partial charge in [-0.15, -0.1) is 0 Å². The van der Waals surface area contributed by atoms with E-state index in [-0.39, 0.29) is 11.2 Å². The van der Waals surface area contributed by atoms with E-state index in [1.54, 1.807) is 6.07 Å². The standard InChI is InChI=1S/C13H11ClN2O/c14-8-2-3-9-7(5-8)1-4-12-10(9)6-11(15)13(17)16-12/h2-3,5-6H,1,4,15H2,(H,16,17). The number of halogens is 1. The molecule has 0 saturated carbocycles. The van der Waals surface area contributed by atoms with Gasteiger partial charge in [0.15, 0.2) is 0 Å². The molecule has 17 heavy (non-hydrogen) atoms. The van der Waals surface area contributed by atoms with E-state index in [1.165, 1.54) is 5.56 Å². The Hall–Kier alpha value is -1.74. The van der Waals surface area contributed by atoms with E-state index in [0.717, 1.165) is 34.7 Å². The summed E-state index contributed by atoms with van der Waals surface area (Å²) in [5.74, 6) is 0. The van der Waals surface area contributed by atoms with Crippen LogP contribution in [0.2, 0.25) is 5.02 Å². The Morgan fingerprint density at radius 3 is 2.82 bits per heavy atom. The maximum atomic E-state index is 11.5. The highest BCUT2D eigenvalue weighted by Gasteiger charge is 2.17. The van der Waals surface area contributed by atoms with Gasteiger partial charge in [0, 0.05) is 16.3 Å². The van der Waals surface area contributed by atoms with Crippen molar-refractivity contribution in [3.05, 3.63) is 50.9 Å². The smallest absolute Gasteiger partial charge is 0.271 e. The Bertz CT molecular complexity index is 661. The van der Waals surface area contributed by atoms with Crippen LogP contribution in [-0.2, 0) is 12.8 Å². The molecule has 1 aliphatic carbocycles. The summed E-state index contributed by atoms with van der Waals surface area (Å²) in [4.78, 5) is 14.3. The van der Waals surface area contributed by atoms with Crippen molar-refractivity contribution in [2.24, 2.45) is 0 Å². The molecule has 3 nitrogen and oxygen atoms in total. The molecular formula is C13H11ClN2O. The summed E-state index contributed by atoms with van der Waals surface area (Å²) >= 11 is 5.98. The van der Waals surface area contributed by atoms with Gasteiger partial charge in [0.1, 0.15) is 0 Å². The first kappa shape index (κ1) is 10.4. The van der Waals surface area contributed by atoms with Crippen LogP contribution in [0.4, 0.5) is 5.69 Å². The number of H-pyrrole nitrogens is 1. The number of aryl methyl sites for hydroxylation is 2. The fourth-order valence-corrected chi connectivity index (χ4v) is 2.51. The minimum absolute atomic E-state index is 0.207. The number of rotatable bonds is 0. The Balaban J connectivity index is 2.29. The molecule has 0 fully saturated rings. The first-order valence-electron chi connectivity index (χ1n) is 5.45. The number of anilines is 1. The number of hydrogen-bond donors (Lipinski definition) is 2. The van der Waals surface area contributed by atoms with Gasteiger partial charge < -0.3 is 10.7 Å². The molecule has 3 N–H and O–H groups in total. The summed E-state index contributed by atoms with van der Waals surface area (Å²) in [6, 6.07) is 7.56. The number of hydrogen-bond acceptors (Lipinski definition) is 2. The summed E-state index contributed by atoms with van der Waals surface area (Å²) in [5, 5.41) is 0.740. The Morgan fingerprint density at radius 1 is 1.18 bits per heavy atom. The van der Waals surface area contributed by atoms with Crippen LogP contribution in [0.1, 0.15) is 11.3 Å². The minimum Gasteiger partial charge on any atom is -0.394 e. The maximum Gasteiger partial charge on any atom is 0.271 e. The lowest BCUT2D eigenvalue weighted by atomic mass is 9.88. The highest BCUT2D eigenvalue weighted by molar-refractivity contribution is 6.30. The molecule has 0 aliphatic heterocycles. The zero-order valence-corrected chi connectivity index (χ0v) is 9.84. The van der Waals surface area contributed by atoms with Crippen LogP contribution < -0.4 is 11.3 Å². The van der Waals surface area contributed by atoms with Gasteiger partial charge in [0.2, 0.25) is 0 Å². The lowest BCUT2D eigenvalue weighted by Crippen LogP contribution is -2.17. The van der Waals surface area contributed by atoms with Crippen molar-refractivity contribution in [3.63, 3.8) is 0 Å². The van der Waals surface area contributed by atoms with Crippen molar-refractivity contribution in [2.45, 2.75) is 12.8 Å². The van der Waals surface area contributed by atoms with Crippen LogP contribution >= 0.6 is 11.6 Å². The zero-order chi connectivity index (χ0) is 12.0. The van der Waals surface area contributed by atoms with Crippen molar-refractivity contribution in [2.75, 3.05) is 5.73 Å². The molecule has 0 bridgehead atoms. The third-order valence-corrected chi connectivity index (χ3v) is 3.39. The first-order chi connectivity index (χ1) is 8.15. The van der Waals surface area contributed by atoms with Crippen LogP contribution in [0.3, 0.4) is 0 Å². The summed E-state index contributed by atoms with van der Waals surface area (Å²) in [6.45, 7) is 0. The highest BCUT2D eigenvalue weighted by Crippen LogP contribution is 2.33. The molecule has 3 rings (SSSR count). The summed E-state index contributed by atoms with van der Waals surface area (Å²) in [7, 11) is 0. The fourth-order valence-electron chi connectivity index (χ4n) is 2.31. The summed E-state index contributed by atoms with van der Waals surface area (Å²) < 4.78 is 0. The highest BCUT2D eigenvalue weighted by atomic mass is 35.5. The second-order valence-electron chi connectivity index (χ2n) is 4.25. The number of fused-ring (bicyclic) bond motifs is 3. The number of nitrogens with one attached hydrogen (secondary N) is 1. The average molecular weight is 247 g/mol. The molecule has 0 saturated heterocycles. The molecule has 0 amide bonds. The Kier molecular flexibility index (Phi) is 2.23. The van der Waals surface area contributed by atoms with Gasteiger partial charge in [-0.1, -0.05) is 17.7 Å². The number of aromatic amines is 1. The third kappa shape index (κ3) is 1.63. The topological polar surface area (TPSA) is 58.9 Å². The van der Waals surface area contributed by atoms with Crippen LogP contribution in [-0.4, -0.2) is 4.98 Å². The monoisotopic (exact) mass is 246 g/mol. The van der Waals surface area contributed by atoms with Crippen molar-refractivity contribution >= 4 is 17.3 Å². The molecule has 1 aromatic carbocycles. The molecule has 86 valence electrons. The van der Waals surface area contributed by atoms with Crippen molar-refractivity contribution in [1.29, 1.82) is 0 Å². The number of benzene rings is 1. The number of nitrogen functional groups attached to an aromatic ring is 1. The average Bonchev–Trinajstić information content (AvgIpc) is 2.30. The van der Waals surface area contributed by atoms with E-state index >= 15 is 0 Å². The first-order valence-corrected chi connectivity index (χ1v) is 5.83. The quantitative estimate of drug-likeness (QED) is 0.750. The lowest BCUT2D eigenvalue weighted by molar-refractivity contribution is 0.888. The molecule has 2 aromatic rings. The van der Waals surface area contributed by atoms with Crippen molar-refractivity contribution in [3.8, 4) is 11.1 Å². The lowest BCUT2D eigenvalue weighted by Gasteiger charge is -2.19. The van der Waals surface area contributed by atoms with E-state index in [2.05, 4.69) is 4.98 Å². The largest absolute Gasteiger partial charge is 0.394 e. The van der Waals surface area contributed by atoms with Gasteiger partial charge in [0.25, 0.3) is 5.56 Å². The zero-order valence-electron chi connectivity index (χ0n) is 9.09. The normalized spacial score (nSPS) is 13.0. The van der Waals surface area contributed by atoms with Crippen LogP contribution in [0, 0.1) is 0 Å². The number of aromatic nitrogens is 1. The predicted molar refractivity (Wildman–Crippen MR) is 69.3 cm³/mol. The van der Waals surface area contributed by atoms with Crippen LogP contribution in [0.25, 0.3) is 11.1 Å². The van der Waals surface area contributed by atoms with Crippen LogP contribution in [0.5, 0.6) is 0 Å².